The van der Waals surface area contributed by atoms with Crippen LogP contribution in [-0.4, -0.2) is 47.8 Å². The molecule has 0 aromatic carbocycles. The fourth-order valence-electron chi connectivity index (χ4n) is 2.11. The highest BCUT2D eigenvalue weighted by Gasteiger charge is 2.31. The van der Waals surface area contributed by atoms with Crippen LogP contribution >= 0.6 is 35.7 Å². The number of guanidine groups is 1. The van der Waals surface area contributed by atoms with Crippen molar-refractivity contribution in [3.63, 3.8) is 0 Å². The minimum absolute atomic E-state index is 0. The second kappa shape index (κ2) is 11.0. The first-order valence-electron chi connectivity index (χ1n) is 7.45. The monoisotopic (exact) mass is 415 g/mol. The van der Waals surface area contributed by atoms with E-state index in [1.807, 2.05) is 11.8 Å². The van der Waals surface area contributed by atoms with Gasteiger partial charge in [0.15, 0.2) is 5.96 Å². The van der Waals surface area contributed by atoms with E-state index < -0.39 is 5.60 Å². The number of hydrogen-bond donors (Lipinski definition) is 3. The third-order valence-electron chi connectivity index (χ3n) is 3.67. The lowest BCUT2D eigenvalue weighted by Gasteiger charge is -2.21. The average molecular weight is 415 g/mol. The predicted molar refractivity (Wildman–Crippen MR) is 100 cm³/mol. The maximum atomic E-state index is 10.3. The topological polar surface area (TPSA) is 56.7 Å². The first-order valence-corrected chi connectivity index (χ1v) is 8.61. The van der Waals surface area contributed by atoms with Crippen LogP contribution in [0, 0.1) is 5.92 Å². The van der Waals surface area contributed by atoms with Gasteiger partial charge in [0, 0.05) is 18.8 Å². The molecule has 0 spiro atoms. The van der Waals surface area contributed by atoms with Crippen molar-refractivity contribution in [2.24, 2.45) is 10.9 Å². The van der Waals surface area contributed by atoms with E-state index in [0.29, 0.717) is 12.5 Å². The van der Waals surface area contributed by atoms with E-state index in [1.54, 1.807) is 0 Å². The van der Waals surface area contributed by atoms with Gasteiger partial charge in [0.1, 0.15) is 0 Å². The number of thioether (sulfide) groups is 1. The molecule has 0 aromatic heterocycles. The fraction of sp³-hybridized carbons (Fsp3) is 0.929. The standard InChI is InChI=1S/C14H29N3OS.HI/c1-4-12(5-2)9-16-13(15-6-3)17-10-14(18)7-8-19-11-14;/h12,18H,4-11H2,1-3H3,(H2,15,16,17);1H. The van der Waals surface area contributed by atoms with Crippen molar-refractivity contribution in [3.8, 4) is 0 Å². The normalized spacial score (nSPS) is 22.8. The molecule has 20 heavy (non-hydrogen) atoms. The molecule has 1 saturated heterocycles. The van der Waals surface area contributed by atoms with E-state index in [2.05, 4.69) is 36.4 Å². The number of rotatable bonds is 7. The highest BCUT2D eigenvalue weighted by atomic mass is 127. The second-order valence-corrected chi connectivity index (χ2v) is 6.39. The van der Waals surface area contributed by atoms with E-state index in [1.165, 1.54) is 12.8 Å². The molecule has 0 aliphatic carbocycles. The highest BCUT2D eigenvalue weighted by molar-refractivity contribution is 14.0. The molecule has 1 aliphatic heterocycles. The highest BCUT2D eigenvalue weighted by Crippen LogP contribution is 2.27. The van der Waals surface area contributed by atoms with Gasteiger partial charge in [0.05, 0.1) is 12.1 Å². The van der Waals surface area contributed by atoms with Crippen LogP contribution in [0.3, 0.4) is 0 Å². The van der Waals surface area contributed by atoms with Crippen LogP contribution in [0.15, 0.2) is 4.99 Å². The van der Waals surface area contributed by atoms with Crippen molar-refractivity contribution < 1.29 is 5.11 Å². The summed E-state index contributed by atoms with van der Waals surface area (Å²) >= 11 is 1.81. The second-order valence-electron chi connectivity index (χ2n) is 5.29. The lowest BCUT2D eigenvalue weighted by molar-refractivity contribution is 0.0778. The number of hydrogen-bond acceptors (Lipinski definition) is 3. The van der Waals surface area contributed by atoms with E-state index in [4.69, 9.17) is 0 Å². The fourth-order valence-corrected chi connectivity index (χ4v) is 3.39. The Balaban J connectivity index is 0.00000361. The Morgan fingerprint density at radius 1 is 1.30 bits per heavy atom. The molecule has 4 nitrogen and oxygen atoms in total. The lowest BCUT2D eigenvalue weighted by Crippen LogP contribution is -2.41. The summed E-state index contributed by atoms with van der Waals surface area (Å²) in [5, 5.41) is 16.9. The summed E-state index contributed by atoms with van der Waals surface area (Å²) in [5.41, 5.74) is -0.595. The molecule has 0 saturated carbocycles. The molecule has 0 amide bonds. The summed E-state index contributed by atoms with van der Waals surface area (Å²) in [7, 11) is 0. The SMILES string of the molecule is CCNC(=NCC1(O)CCSC1)NCC(CC)CC.I. The quantitative estimate of drug-likeness (QED) is 0.340. The van der Waals surface area contributed by atoms with Gasteiger partial charge in [-0.3, -0.25) is 4.99 Å². The van der Waals surface area contributed by atoms with Gasteiger partial charge in [-0.25, -0.2) is 0 Å². The average Bonchev–Trinajstić information content (AvgIpc) is 2.84. The van der Waals surface area contributed by atoms with Crippen LogP contribution < -0.4 is 10.6 Å². The Hall–Kier alpha value is 0.310. The first-order chi connectivity index (χ1) is 9.13. The molecule has 3 N–H and O–H groups in total. The Morgan fingerprint density at radius 2 is 2.00 bits per heavy atom. The number of aliphatic hydroxyl groups is 1. The molecule has 120 valence electrons. The third kappa shape index (κ3) is 7.36. The van der Waals surface area contributed by atoms with Crippen molar-refractivity contribution in [2.45, 2.75) is 45.6 Å². The number of nitrogens with zero attached hydrogens (tertiary/aromatic N) is 1. The summed E-state index contributed by atoms with van der Waals surface area (Å²) in [6, 6.07) is 0. The van der Waals surface area contributed by atoms with Crippen LogP contribution in [0.5, 0.6) is 0 Å². The van der Waals surface area contributed by atoms with E-state index in [0.717, 1.165) is 37.0 Å². The van der Waals surface area contributed by atoms with Gasteiger partial charge in [-0.15, -0.1) is 24.0 Å². The number of aliphatic imine (C=N–C) groups is 1. The first kappa shape index (κ1) is 20.3. The molecule has 1 aliphatic rings. The van der Waals surface area contributed by atoms with Gasteiger partial charge in [0.25, 0.3) is 0 Å². The minimum Gasteiger partial charge on any atom is -0.387 e. The number of nitrogens with one attached hydrogen (secondary N) is 2. The van der Waals surface area contributed by atoms with Crippen LogP contribution in [-0.2, 0) is 0 Å². The zero-order chi connectivity index (χ0) is 14.1. The summed E-state index contributed by atoms with van der Waals surface area (Å²) in [5.74, 6) is 3.38. The third-order valence-corrected chi connectivity index (χ3v) is 4.91. The van der Waals surface area contributed by atoms with Crippen molar-refractivity contribution in [1.82, 2.24) is 10.6 Å². The van der Waals surface area contributed by atoms with E-state index in [-0.39, 0.29) is 24.0 Å². The maximum absolute atomic E-state index is 10.3. The predicted octanol–water partition coefficient (Wildman–Crippen LogP) is 2.46. The molecule has 6 heteroatoms. The Morgan fingerprint density at radius 3 is 2.50 bits per heavy atom. The molecular weight excluding hydrogens is 385 g/mol. The molecule has 1 fully saturated rings. The zero-order valence-electron chi connectivity index (χ0n) is 12.9. The molecule has 0 aromatic rings. The van der Waals surface area contributed by atoms with Gasteiger partial charge < -0.3 is 15.7 Å². The minimum atomic E-state index is -0.595. The summed E-state index contributed by atoms with van der Waals surface area (Å²) < 4.78 is 0. The Bertz CT molecular complexity index is 280. The molecule has 1 rings (SSSR count). The molecule has 0 radical (unpaired) electrons. The van der Waals surface area contributed by atoms with Gasteiger partial charge in [0.2, 0.25) is 0 Å². The van der Waals surface area contributed by atoms with Crippen LogP contribution in [0.1, 0.15) is 40.0 Å². The molecule has 1 heterocycles. The molecular formula is C14H30IN3OS. The van der Waals surface area contributed by atoms with Gasteiger partial charge >= 0.3 is 0 Å². The maximum Gasteiger partial charge on any atom is 0.191 e. The zero-order valence-corrected chi connectivity index (χ0v) is 16.1. The van der Waals surface area contributed by atoms with Gasteiger partial charge in [-0.05, 0) is 25.0 Å². The van der Waals surface area contributed by atoms with E-state index in [9.17, 15) is 5.11 Å². The van der Waals surface area contributed by atoms with Crippen LogP contribution in [0.2, 0.25) is 0 Å². The number of halogens is 1. The molecule has 1 unspecified atom stereocenters. The molecule has 0 bridgehead atoms. The summed E-state index contributed by atoms with van der Waals surface area (Å²) in [6.45, 7) is 8.80. The van der Waals surface area contributed by atoms with Gasteiger partial charge in [-0.2, -0.15) is 11.8 Å². The largest absolute Gasteiger partial charge is 0.387 e. The van der Waals surface area contributed by atoms with Crippen LogP contribution in [0.4, 0.5) is 0 Å². The van der Waals surface area contributed by atoms with Crippen LogP contribution in [0.25, 0.3) is 0 Å². The Kier molecular flexibility index (Phi) is 11.1. The van der Waals surface area contributed by atoms with Gasteiger partial charge in [-0.1, -0.05) is 26.7 Å². The van der Waals surface area contributed by atoms with Crippen molar-refractivity contribution in [3.05, 3.63) is 0 Å². The van der Waals surface area contributed by atoms with Crippen molar-refractivity contribution >= 4 is 41.7 Å². The molecule has 1 atom stereocenters. The smallest absolute Gasteiger partial charge is 0.191 e. The lowest BCUT2D eigenvalue weighted by atomic mass is 10.0. The van der Waals surface area contributed by atoms with Crippen molar-refractivity contribution in [1.29, 1.82) is 0 Å². The summed E-state index contributed by atoms with van der Waals surface area (Å²) in [6.07, 6.45) is 3.22. The van der Waals surface area contributed by atoms with E-state index >= 15 is 0 Å². The van der Waals surface area contributed by atoms with Crippen molar-refractivity contribution in [2.75, 3.05) is 31.1 Å². The Labute approximate surface area is 145 Å². The summed E-state index contributed by atoms with van der Waals surface area (Å²) in [4.78, 5) is 4.54.